The van der Waals surface area contributed by atoms with Crippen molar-refractivity contribution in [2.45, 2.75) is 32.4 Å². The third kappa shape index (κ3) is 5.43. The molecule has 1 N–H and O–H groups in total. The molecule has 0 spiro atoms. The van der Waals surface area contributed by atoms with Crippen LogP contribution in [0, 0.1) is 5.92 Å². The Balaban J connectivity index is 1.44. The third-order valence-electron chi connectivity index (χ3n) is 4.97. The van der Waals surface area contributed by atoms with Crippen LogP contribution in [-0.4, -0.2) is 48.1 Å². The van der Waals surface area contributed by atoms with Gasteiger partial charge in [0.25, 0.3) is 5.91 Å². The predicted molar refractivity (Wildman–Crippen MR) is 107 cm³/mol. The number of piperidine rings is 1. The number of anilines is 1. The molecule has 0 bridgehead atoms. The number of hydrogen-bond donors (Lipinski definition) is 1. The van der Waals surface area contributed by atoms with Crippen LogP contribution in [0.3, 0.4) is 0 Å². The van der Waals surface area contributed by atoms with E-state index in [2.05, 4.69) is 15.3 Å². The van der Waals surface area contributed by atoms with Gasteiger partial charge in [-0.15, -0.1) is 0 Å². The first-order chi connectivity index (χ1) is 14.1. The average molecular weight is 398 g/mol. The molecule has 2 heterocycles. The number of hydrogen-bond acceptors (Lipinski definition) is 7. The molecule has 1 atom stereocenters. The Hall–Kier alpha value is -3.16. The quantitative estimate of drug-likeness (QED) is 0.713. The molecular weight excluding hydrogens is 372 g/mol. The summed E-state index contributed by atoms with van der Waals surface area (Å²) in [6.07, 6.45) is 3.84. The summed E-state index contributed by atoms with van der Waals surface area (Å²) in [7, 11) is 1.58. The van der Waals surface area contributed by atoms with Crippen molar-refractivity contribution < 1.29 is 19.1 Å². The molecule has 1 unspecified atom stereocenters. The molecule has 1 aliphatic rings. The molecule has 3 rings (SSSR count). The van der Waals surface area contributed by atoms with Crippen LogP contribution in [-0.2, 0) is 20.9 Å². The molecule has 1 amide bonds. The van der Waals surface area contributed by atoms with Crippen molar-refractivity contribution in [2.24, 2.45) is 5.92 Å². The lowest BCUT2D eigenvalue weighted by Crippen LogP contribution is -2.41. The molecule has 2 aromatic rings. The highest BCUT2D eigenvalue weighted by Crippen LogP contribution is 2.22. The SMILES string of the molecule is COc1ccccc1CNC(=O)C(C)OC(=O)C1CCN(c2ncccn2)CC1. The normalized spacial score (nSPS) is 15.4. The number of esters is 1. The van der Waals surface area contributed by atoms with Gasteiger partial charge < -0.3 is 19.7 Å². The molecule has 8 heteroatoms. The Morgan fingerprint density at radius 2 is 1.86 bits per heavy atom. The van der Waals surface area contributed by atoms with Crippen molar-refractivity contribution >= 4 is 17.8 Å². The van der Waals surface area contributed by atoms with Crippen molar-refractivity contribution in [3.05, 3.63) is 48.3 Å². The maximum Gasteiger partial charge on any atom is 0.309 e. The molecule has 1 saturated heterocycles. The lowest BCUT2D eigenvalue weighted by Gasteiger charge is -2.31. The van der Waals surface area contributed by atoms with Gasteiger partial charge in [0.15, 0.2) is 6.10 Å². The van der Waals surface area contributed by atoms with E-state index >= 15 is 0 Å². The number of rotatable bonds is 7. The first-order valence-corrected chi connectivity index (χ1v) is 9.70. The number of para-hydroxylation sites is 1. The maximum atomic E-state index is 12.5. The average Bonchev–Trinajstić information content (AvgIpc) is 2.78. The van der Waals surface area contributed by atoms with Gasteiger partial charge in [-0.1, -0.05) is 18.2 Å². The third-order valence-corrected chi connectivity index (χ3v) is 4.97. The summed E-state index contributed by atoms with van der Waals surface area (Å²) in [5.74, 6) is 0.479. The highest BCUT2D eigenvalue weighted by Gasteiger charge is 2.29. The number of ether oxygens (including phenoxy) is 2. The minimum Gasteiger partial charge on any atom is -0.496 e. The summed E-state index contributed by atoms with van der Waals surface area (Å²) >= 11 is 0. The standard InChI is InChI=1S/C21H26N4O4/c1-15(19(26)24-14-17-6-3-4-7-18(17)28-2)29-20(27)16-8-12-25(13-9-16)21-22-10-5-11-23-21/h3-7,10-11,15-16H,8-9,12-14H2,1-2H3,(H,24,26). The van der Waals surface area contributed by atoms with E-state index in [1.165, 1.54) is 0 Å². The van der Waals surface area contributed by atoms with Crippen molar-refractivity contribution in [2.75, 3.05) is 25.1 Å². The summed E-state index contributed by atoms with van der Waals surface area (Å²) in [4.78, 5) is 35.3. The van der Waals surface area contributed by atoms with E-state index in [1.54, 1.807) is 32.5 Å². The van der Waals surface area contributed by atoms with E-state index in [1.807, 2.05) is 29.2 Å². The highest BCUT2D eigenvalue weighted by molar-refractivity contribution is 5.84. The lowest BCUT2D eigenvalue weighted by molar-refractivity contribution is -0.159. The lowest BCUT2D eigenvalue weighted by atomic mass is 9.97. The fraction of sp³-hybridized carbons (Fsp3) is 0.429. The van der Waals surface area contributed by atoms with Gasteiger partial charge in [-0.25, -0.2) is 9.97 Å². The van der Waals surface area contributed by atoms with Gasteiger partial charge in [-0.2, -0.15) is 0 Å². The minimum absolute atomic E-state index is 0.223. The first kappa shape index (κ1) is 20.6. The maximum absolute atomic E-state index is 12.5. The second kappa shape index (κ2) is 9.86. The van der Waals surface area contributed by atoms with Crippen LogP contribution >= 0.6 is 0 Å². The number of carbonyl (C=O) groups excluding carboxylic acids is 2. The van der Waals surface area contributed by atoms with Gasteiger partial charge in [0.05, 0.1) is 13.0 Å². The highest BCUT2D eigenvalue weighted by atomic mass is 16.5. The van der Waals surface area contributed by atoms with Gasteiger partial charge in [0.2, 0.25) is 5.95 Å². The predicted octanol–water partition coefficient (Wildman–Crippen LogP) is 1.95. The van der Waals surface area contributed by atoms with Crippen LogP contribution in [0.15, 0.2) is 42.7 Å². The number of nitrogens with zero attached hydrogens (tertiary/aromatic N) is 3. The summed E-state index contributed by atoms with van der Waals surface area (Å²) in [6, 6.07) is 9.22. The molecule has 1 aromatic carbocycles. The largest absolute Gasteiger partial charge is 0.496 e. The number of amides is 1. The van der Waals surface area contributed by atoms with Gasteiger partial charge in [-0.3, -0.25) is 9.59 Å². The Morgan fingerprint density at radius 1 is 1.17 bits per heavy atom. The molecule has 0 radical (unpaired) electrons. The number of benzene rings is 1. The van der Waals surface area contributed by atoms with Crippen molar-refractivity contribution in [3.63, 3.8) is 0 Å². The van der Waals surface area contributed by atoms with Crippen LogP contribution in [0.4, 0.5) is 5.95 Å². The number of aromatic nitrogens is 2. The van der Waals surface area contributed by atoms with E-state index in [0.29, 0.717) is 44.2 Å². The number of nitrogens with one attached hydrogen (secondary N) is 1. The van der Waals surface area contributed by atoms with E-state index in [4.69, 9.17) is 9.47 Å². The fourth-order valence-electron chi connectivity index (χ4n) is 3.27. The molecule has 0 aliphatic carbocycles. The summed E-state index contributed by atoms with van der Waals surface area (Å²) < 4.78 is 10.7. The Morgan fingerprint density at radius 3 is 2.55 bits per heavy atom. The van der Waals surface area contributed by atoms with Crippen LogP contribution < -0.4 is 15.0 Å². The van der Waals surface area contributed by atoms with Gasteiger partial charge in [0, 0.05) is 37.6 Å². The zero-order chi connectivity index (χ0) is 20.6. The summed E-state index contributed by atoms with van der Waals surface area (Å²) in [5.41, 5.74) is 0.859. The Kier molecular flexibility index (Phi) is 6.99. The molecule has 29 heavy (non-hydrogen) atoms. The summed E-state index contributed by atoms with van der Waals surface area (Å²) in [6.45, 7) is 3.25. The molecule has 154 valence electrons. The second-order valence-corrected chi connectivity index (χ2v) is 6.92. The van der Waals surface area contributed by atoms with E-state index in [-0.39, 0.29) is 17.8 Å². The Bertz CT molecular complexity index is 822. The van der Waals surface area contributed by atoms with E-state index in [9.17, 15) is 9.59 Å². The van der Waals surface area contributed by atoms with E-state index < -0.39 is 6.10 Å². The van der Waals surface area contributed by atoms with Crippen LogP contribution in [0.5, 0.6) is 5.75 Å². The van der Waals surface area contributed by atoms with Crippen LogP contribution in [0.1, 0.15) is 25.3 Å². The minimum atomic E-state index is -0.854. The topological polar surface area (TPSA) is 93.6 Å². The molecule has 1 aromatic heterocycles. The number of methoxy groups -OCH3 is 1. The second-order valence-electron chi connectivity index (χ2n) is 6.92. The van der Waals surface area contributed by atoms with Gasteiger partial charge >= 0.3 is 5.97 Å². The zero-order valence-electron chi connectivity index (χ0n) is 16.7. The zero-order valence-corrected chi connectivity index (χ0v) is 16.7. The molecule has 1 aliphatic heterocycles. The van der Waals surface area contributed by atoms with Gasteiger partial charge in [0.1, 0.15) is 5.75 Å². The fourth-order valence-corrected chi connectivity index (χ4v) is 3.27. The van der Waals surface area contributed by atoms with Crippen molar-refractivity contribution in [1.29, 1.82) is 0 Å². The molecule has 8 nitrogen and oxygen atoms in total. The first-order valence-electron chi connectivity index (χ1n) is 9.70. The molecule has 0 saturated carbocycles. The van der Waals surface area contributed by atoms with E-state index in [0.717, 1.165) is 5.56 Å². The smallest absolute Gasteiger partial charge is 0.309 e. The van der Waals surface area contributed by atoms with Crippen molar-refractivity contribution in [3.8, 4) is 5.75 Å². The Labute approximate surface area is 170 Å². The monoisotopic (exact) mass is 398 g/mol. The van der Waals surface area contributed by atoms with Crippen molar-refractivity contribution in [1.82, 2.24) is 15.3 Å². The molecular formula is C21H26N4O4. The van der Waals surface area contributed by atoms with Crippen LogP contribution in [0.2, 0.25) is 0 Å². The number of carbonyl (C=O) groups is 2. The summed E-state index contributed by atoms with van der Waals surface area (Å²) in [5, 5.41) is 2.79. The molecule has 1 fully saturated rings. The van der Waals surface area contributed by atoms with Crippen LogP contribution in [0.25, 0.3) is 0 Å². The van der Waals surface area contributed by atoms with Gasteiger partial charge in [-0.05, 0) is 31.9 Å².